The lowest BCUT2D eigenvalue weighted by Gasteiger charge is -2.05. The van der Waals surface area contributed by atoms with Crippen molar-refractivity contribution in [2.45, 2.75) is 12.8 Å². The number of benzene rings is 1. The smallest absolute Gasteiger partial charge is 0.224 e. The van der Waals surface area contributed by atoms with Gasteiger partial charge in [-0.2, -0.15) is 0 Å². The van der Waals surface area contributed by atoms with Gasteiger partial charge in [0.05, 0.1) is 22.8 Å². The number of aromatic amines is 1. The van der Waals surface area contributed by atoms with Crippen LogP contribution in [0, 0.1) is 0 Å². The minimum Gasteiger partial charge on any atom is -0.355 e. The highest BCUT2D eigenvalue weighted by Gasteiger charge is 2.05. The monoisotopic (exact) mass is 297 g/mol. The predicted octanol–water partition coefficient (Wildman–Crippen LogP) is 2.62. The fourth-order valence-electron chi connectivity index (χ4n) is 1.66. The third kappa shape index (κ3) is 4.26. The summed E-state index contributed by atoms with van der Waals surface area (Å²) >= 11 is 11.7. The first-order valence-corrected chi connectivity index (χ1v) is 6.58. The van der Waals surface area contributed by atoms with Crippen LogP contribution in [0.1, 0.15) is 11.3 Å². The highest BCUT2D eigenvalue weighted by molar-refractivity contribution is 6.42. The quantitative estimate of drug-likeness (QED) is 0.891. The summed E-state index contributed by atoms with van der Waals surface area (Å²) < 4.78 is 0. The molecular formula is C13H13Cl2N3O. The van der Waals surface area contributed by atoms with E-state index in [1.165, 1.54) is 0 Å². The number of halogens is 2. The number of nitrogens with zero attached hydrogens (tertiary/aromatic N) is 1. The van der Waals surface area contributed by atoms with E-state index in [0.29, 0.717) is 23.0 Å². The Hall–Kier alpha value is -1.52. The average Bonchev–Trinajstić information content (AvgIpc) is 2.87. The molecule has 0 atom stereocenters. The molecule has 1 aromatic carbocycles. The normalized spacial score (nSPS) is 10.4. The van der Waals surface area contributed by atoms with Crippen molar-refractivity contribution in [1.82, 2.24) is 15.3 Å². The minimum absolute atomic E-state index is 0.0436. The SMILES string of the molecule is O=C(Cc1ccc(Cl)c(Cl)c1)NCCc1cnc[nH]1. The van der Waals surface area contributed by atoms with Gasteiger partial charge in [0.25, 0.3) is 0 Å². The van der Waals surface area contributed by atoms with Crippen LogP contribution in [0.15, 0.2) is 30.7 Å². The van der Waals surface area contributed by atoms with Crippen molar-refractivity contribution in [2.24, 2.45) is 0 Å². The molecule has 1 amide bonds. The second-order valence-electron chi connectivity index (χ2n) is 4.10. The van der Waals surface area contributed by atoms with Gasteiger partial charge in [-0.1, -0.05) is 29.3 Å². The number of aromatic nitrogens is 2. The number of hydrogen-bond donors (Lipinski definition) is 2. The molecule has 0 saturated heterocycles. The Morgan fingerprint density at radius 2 is 2.16 bits per heavy atom. The molecule has 2 N–H and O–H groups in total. The van der Waals surface area contributed by atoms with Crippen molar-refractivity contribution < 1.29 is 4.79 Å². The summed E-state index contributed by atoms with van der Waals surface area (Å²) in [7, 11) is 0. The molecule has 1 aromatic heterocycles. The van der Waals surface area contributed by atoms with Gasteiger partial charge in [-0.05, 0) is 17.7 Å². The van der Waals surface area contributed by atoms with E-state index in [4.69, 9.17) is 23.2 Å². The first kappa shape index (κ1) is 13.9. The molecule has 0 spiro atoms. The molecule has 0 unspecified atom stereocenters. The van der Waals surface area contributed by atoms with Crippen molar-refractivity contribution in [3.05, 3.63) is 52.0 Å². The lowest BCUT2D eigenvalue weighted by Crippen LogP contribution is -2.27. The first-order chi connectivity index (χ1) is 9.15. The highest BCUT2D eigenvalue weighted by Crippen LogP contribution is 2.22. The van der Waals surface area contributed by atoms with Crippen molar-refractivity contribution in [3.63, 3.8) is 0 Å². The van der Waals surface area contributed by atoms with Crippen LogP contribution in [0.5, 0.6) is 0 Å². The van der Waals surface area contributed by atoms with Crippen LogP contribution in [0.4, 0.5) is 0 Å². The second-order valence-corrected chi connectivity index (χ2v) is 4.92. The van der Waals surface area contributed by atoms with Crippen molar-refractivity contribution in [2.75, 3.05) is 6.54 Å². The molecule has 0 bridgehead atoms. The van der Waals surface area contributed by atoms with Gasteiger partial charge in [0.15, 0.2) is 0 Å². The maximum atomic E-state index is 11.7. The molecule has 0 aliphatic rings. The van der Waals surface area contributed by atoms with Crippen LogP contribution in [0.25, 0.3) is 0 Å². The number of hydrogen-bond acceptors (Lipinski definition) is 2. The van der Waals surface area contributed by atoms with E-state index in [2.05, 4.69) is 15.3 Å². The van der Waals surface area contributed by atoms with Crippen LogP contribution >= 0.6 is 23.2 Å². The first-order valence-electron chi connectivity index (χ1n) is 5.83. The standard InChI is InChI=1S/C13H13Cl2N3O/c14-11-2-1-9(5-12(11)15)6-13(19)17-4-3-10-7-16-8-18-10/h1-2,5,7-8H,3-4,6H2,(H,16,18)(H,17,19). The van der Waals surface area contributed by atoms with Gasteiger partial charge < -0.3 is 10.3 Å². The summed E-state index contributed by atoms with van der Waals surface area (Å²) in [6, 6.07) is 5.19. The van der Waals surface area contributed by atoms with Gasteiger partial charge >= 0.3 is 0 Å². The molecule has 0 aliphatic heterocycles. The van der Waals surface area contributed by atoms with Crippen molar-refractivity contribution in [3.8, 4) is 0 Å². The third-order valence-electron chi connectivity index (χ3n) is 2.62. The van der Waals surface area contributed by atoms with E-state index in [1.54, 1.807) is 30.7 Å². The average molecular weight is 298 g/mol. The predicted molar refractivity (Wildman–Crippen MR) is 75.5 cm³/mol. The van der Waals surface area contributed by atoms with Crippen LogP contribution in [-0.2, 0) is 17.6 Å². The lowest BCUT2D eigenvalue weighted by molar-refractivity contribution is -0.120. The Morgan fingerprint density at radius 3 is 2.84 bits per heavy atom. The third-order valence-corrected chi connectivity index (χ3v) is 3.36. The van der Waals surface area contributed by atoms with E-state index in [9.17, 15) is 4.79 Å². The summed E-state index contributed by atoms with van der Waals surface area (Å²) in [5.41, 5.74) is 1.84. The minimum atomic E-state index is -0.0436. The van der Waals surface area contributed by atoms with Crippen LogP contribution < -0.4 is 5.32 Å². The van der Waals surface area contributed by atoms with Gasteiger partial charge in [-0.15, -0.1) is 0 Å². The zero-order valence-electron chi connectivity index (χ0n) is 10.1. The fraction of sp³-hybridized carbons (Fsp3) is 0.231. The number of rotatable bonds is 5. The van der Waals surface area contributed by atoms with Crippen molar-refractivity contribution in [1.29, 1.82) is 0 Å². The molecule has 19 heavy (non-hydrogen) atoms. The Labute approximate surface area is 121 Å². The van der Waals surface area contributed by atoms with E-state index in [1.807, 2.05) is 0 Å². The molecule has 2 aromatic rings. The number of nitrogens with one attached hydrogen (secondary N) is 2. The van der Waals surface area contributed by atoms with E-state index in [0.717, 1.165) is 17.7 Å². The van der Waals surface area contributed by atoms with Crippen LogP contribution in [0.3, 0.4) is 0 Å². The summed E-state index contributed by atoms with van der Waals surface area (Å²) in [4.78, 5) is 18.6. The zero-order chi connectivity index (χ0) is 13.7. The maximum absolute atomic E-state index is 11.7. The topological polar surface area (TPSA) is 57.8 Å². The van der Waals surface area contributed by atoms with Crippen LogP contribution in [-0.4, -0.2) is 22.4 Å². The molecule has 0 saturated carbocycles. The van der Waals surface area contributed by atoms with Gasteiger partial charge in [-0.3, -0.25) is 4.79 Å². The Balaban J connectivity index is 1.79. The molecular weight excluding hydrogens is 285 g/mol. The van der Waals surface area contributed by atoms with E-state index >= 15 is 0 Å². The van der Waals surface area contributed by atoms with Gasteiger partial charge in [-0.25, -0.2) is 4.98 Å². The fourth-order valence-corrected chi connectivity index (χ4v) is 1.98. The highest BCUT2D eigenvalue weighted by atomic mass is 35.5. The zero-order valence-corrected chi connectivity index (χ0v) is 11.6. The Bertz CT molecular complexity index is 555. The Morgan fingerprint density at radius 1 is 1.32 bits per heavy atom. The second kappa shape index (κ2) is 6.59. The Kier molecular flexibility index (Phi) is 4.82. The molecule has 0 fully saturated rings. The number of H-pyrrole nitrogens is 1. The molecule has 0 radical (unpaired) electrons. The van der Waals surface area contributed by atoms with E-state index in [-0.39, 0.29) is 5.91 Å². The number of carbonyl (C=O) groups is 1. The number of amides is 1. The number of carbonyl (C=O) groups excluding carboxylic acids is 1. The molecule has 2 rings (SSSR count). The maximum Gasteiger partial charge on any atom is 0.224 e. The summed E-state index contributed by atoms with van der Waals surface area (Å²) in [5, 5.41) is 3.79. The molecule has 1 heterocycles. The van der Waals surface area contributed by atoms with Gasteiger partial charge in [0, 0.05) is 24.9 Å². The molecule has 6 heteroatoms. The largest absolute Gasteiger partial charge is 0.355 e. The summed E-state index contributed by atoms with van der Waals surface area (Å²) in [6.45, 7) is 0.572. The van der Waals surface area contributed by atoms with Gasteiger partial charge in [0.2, 0.25) is 5.91 Å². The molecule has 0 aliphatic carbocycles. The van der Waals surface area contributed by atoms with Gasteiger partial charge in [0.1, 0.15) is 0 Å². The molecule has 4 nitrogen and oxygen atoms in total. The lowest BCUT2D eigenvalue weighted by atomic mass is 10.1. The van der Waals surface area contributed by atoms with Crippen molar-refractivity contribution >= 4 is 29.1 Å². The summed E-state index contributed by atoms with van der Waals surface area (Å²) in [5.74, 6) is -0.0436. The molecule has 100 valence electrons. The summed E-state index contributed by atoms with van der Waals surface area (Å²) in [6.07, 6.45) is 4.38. The van der Waals surface area contributed by atoms with Crippen LogP contribution in [0.2, 0.25) is 10.0 Å². The van der Waals surface area contributed by atoms with E-state index < -0.39 is 0 Å². The number of imidazole rings is 1.